The van der Waals surface area contributed by atoms with Crippen molar-refractivity contribution in [2.45, 2.75) is 32.6 Å². The van der Waals surface area contributed by atoms with Crippen molar-refractivity contribution in [2.75, 3.05) is 0 Å². The lowest BCUT2D eigenvalue weighted by molar-refractivity contribution is -0.128. The van der Waals surface area contributed by atoms with Crippen LogP contribution in [0.3, 0.4) is 0 Å². The number of carbonyl (C=O) groups excluding carboxylic acids is 1. The number of halogens is 1. The molecule has 0 atom stereocenters. The van der Waals surface area contributed by atoms with Gasteiger partial charge in [0.05, 0.1) is 5.71 Å². The monoisotopic (exact) mass is 274 g/mol. The molecule has 0 unspecified atom stereocenters. The number of hydrogen-bond donors (Lipinski definition) is 0. The Kier molecular flexibility index (Phi) is 4.59. The number of hydrazone groups is 1. The van der Waals surface area contributed by atoms with Crippen molar-refractivity contribution in [3.63, 3.8) is 0 Å². The third-order valence-electron chi connectivity index (χ3n) is 2.77. The minimum absolute atomic E-state index is 0.0404. The molecule has 1 heterocycles. The highest BCUT2D eigenvalue weighted by molar-refractivity contribution is 6.30. The van der Waals surface area contributed by atoms with E-state index in [4.69, 9.17) is 11.6 Å². The third-order valence-corrected chi connectivity index (χ3v) is 3.02. The molecule has 4 heteroatoms. The van der Waals surface area contributed by atoms with Crippen LogP contribution in [0.5, 0.6) is 0 Å². The van der Waals surface area contributed by atoms with Gasteiger partial charge >= 0.3 is 0 Å². The molecular weight excluding hydrogens is 260 g/mol. The lowest BCUT2D eigenvalue weighted by Gasteiger charge is -2.18. The van der Waals surface area contributed by atoms with E-state index >= 15 is 0 Å². The minimum atomic E-state index is -0.0404. The quantitative estimate of drug-likeness (QED) is 0.761. The number of hydrogen-bond acceptors (Lipinski definition) is 2. The maximum atomic E-state index is 11.7. The summed E-state index contributed by atoms with van der Waals surface area (Å²) in [5.74, 6) is 2.90. The fourth-order valence-electron chi connectivity index (χ4n) is 1.75. The van der Waals surface area contributed by atoms with Crippen LogP contribution in [0.2, 0.25) is 5.02 Å². The van der Waals surface area contributed by atoms with Crippen molar-refractivity contribution < 1.29 is 4.79 Å². The van der Waals surface area contributed by atoms with E-state index in [0.29, 0.717) is 17.9 Å². The van der Waals surface area contributed by atoms with Crippen molar-refractivity contribution in [1.29, 1.82) is 0 Å². The topological polar surface area (TPSA) is 32.7 Å². The lowest BCUT2D eigenvalue weighted by atomic mass is 10.0. The number of amides is 1. The van der Waals surface area contributed by atoms with E-state index < -0.39 is 0 Å². The standard InChI is InChI=1S/C15H15ClN2O/c1-2-3-4-11-18-15(19)10-9-14(17-18)12-5-7-13(16)8-6-12/h5-8H,2-3,9-10H2,1H3. The molecule has 0 aromatic heterocycles. The van der Waals surface area contributed by atoms with Crippen molar-refractivity contribution in [3.8, 4) is 12.0 Å². The van der Waals surface area contributed by atoms with Crippen LogP contribution in [0.1, 0.15) is 38.2 Å². The van der Waals surface area contributed by atoms with E-state index in [2.05, 4.69) is 24.0 Å². The molecule has 0 bridgehead atoms. The molecule has 1 aliphatic rings. The van der Waals surface area contributed by atoms with E-state index in [9.17, 15) is 4.79 Å². The average molecular weight is 275 g/mol. The predicted molar refractivity (Wildman–Crippen MR) is 76.8 cm³/mol. The summed E-state index contributed by atoms with van der Waals surface area (Å²) < 4.78 is 0. The molecule has 0 radical (unpaired) electrons. The van der Waals surface area contributed by atoms with E-state index in [1.54, 1.807) is 0 Å². The molecule has 0 fully saturated rings. The Labute approximate surface area is 118 Å². The zero-order chi connectivity index (χ0) is 13.7. The van der Waals surface area contributed by atoms with E-state index in [1.165, 1.54) is 5.01 Å². The summed E-state index contributed by atoms with van der Waals surface area (Å²) in [4.78, 5) is 11.7. The molecule has 0 saturated carbocycles. The highest BCUT2D eigenvalue weighted by Crippen LogP contribution is 2.17. The number of nitrogens with zero attached hydrogens (tertiary/aromatic N) is 2. The van der Waals surface area contributed by atoms with Crippen LogP contribution in [0.25, 0.3) is 0 Å². The average Bonchev–Trinajstić information content (AvgIpc) is 2.42. The van der Waals surface area contributed by atoms with Gasteiger partial charge in [0.2, 0.25) is 0 Å². The van der Waals surface area contributed by atoms with Crippen molar-refractivity contribution in [2.24, 2.45) is 5.10 Å². The van der Waals surface area contributed by atoms with Gasteiger partial charge in [-0.05, 0) is 24.1 Å². The maximum absolute atomic E-state index is 11.7. The van der Waals surface area contributed by atoms with Gasteiger partial charge in [0.15, 0.2) is 0 Å². The molecule has 0 aliphatic carbocycles. The Morgan fingerprint density at radius 1 is 1.32 bits per heavy atom. The van der Waals surface area contributed by atoms with Gasteiger partial charge in [-0.2, -0.15) is 10.1 Å². The summed E-state index contributed by atoms with van der Waals surface area (Å²) in [6.45, 7) is 2.05. The predicted octanol–water partition coefficient (Wildman–Crippen LogP) is 3.43. The first kappa shape index (κ1) is 13.6. The zero-order valence-electron chi connectivity index (χ0n) is 10.8. The van der Waals surface area contributed by atoms with Gasteiger partial charge in [0.1, 0.15) is 0 Å². The summed E-state index contributed by atoms with van der Waals surface area (Å²) in [5.41, 5.74) is 1.86. The summed E-state index contributed by atoms with van der Waals surface area (Å²) in [7, 11) is 0. The number of rotatable bonds is 2. The Hall–Kier alpha value is -1.79. The molecule has 1 aromatic carbocycles. The van der Waals surface area contributed by atoms with Crippen LogP contribution in [-0.2, 0) is 4.79 Å². The summed E-state index contributed by atoms with van der Waals surface area (Å²) in [5, 5.41) is 6.28. The van der Waals surface area contributed by atoms with Crippen LogP contribution >= 0.6 is 11.6 Å². The molecule has 0 N–H and O–H groups in total. The first-order valence-electron chi connectivity index (χ1n) is 6.35. The fraction of sp³-hybridized carbons (Fsp3) is 0.333. The Morgan fingerprint density at radius 3 is 2.74 bits per heavy atom. The second kappa shape index (κ2) is 6.40. The molecule has 19 heavy (non-hydrogen) atoms. The number of carbonyl (C=O) groups is 1. The minimum Gasteiger partial charge on any atom is -0.272 e. The van der Waals surface area contributed by atoms with Crippen LogP contribution < -0.4 is 0 Å². The van der Waals surface area contributed by atoms with Gasteiger partial charge in [0, 0.05) is 30.3 Å². The lowest BCUT2D eigenvalue weighted by Crippen LogP contribution is -2.28. The third kappa shape index (κ3) is 3.59. The second-order valence-corrected chi connectivity index (χ2v) is 4.73. The second-order valence-electron chi connectivity index (χ2n) is 4.30. The van der Waals surface area contributed by atoms with E-state index in [-0.39, 0.29) is 5.91 Å². The normalized spacial score (nSPS) is 14.7. The maximum Gasteiger partial charge on any atom is 0.255 e. The van der Waals surface area contributed by atoms with Crippen LogP contribution in [0.4, 0.5) is 0 Å². The summed E-state index contributed by atoms with van der Waals surface area (Å²) in [6, 6.07) is 10.3. The van der Waals surface area contributed by atoms with Crippen molar-refractivity contribution >= 4 is 23.2 Å². The van der Waals surface area contributed by atoms with E-state index in [0.717, 1.165) is 24.1 Å². The molecular formula is C15H15ClN2O. The highest BCUT2D eigenvalue weighted by Gasteiger charge is 2.19. The largest absolute Gasteiger partial charge is 0.272 e. The zero-order valence-corrected chi connectivity index (χ0v) is 11.6. The first-order chi connectivity index (χ1) is 9.20. The van der Waals surface area contributed by atoms with E-state index in [1.807, 2.05) is 24.3 Å². The highest BCUT2D eigenvalue weighted by atomic mass is 35.5. The van der Waals surface area contributed by atoms with Gasteiger partial charge in [0.25, 0.3) is 5.91 Å². The smallest absolute Gasteiger partial charge is 0.255 e. The van der Waals surface area contributed by atoms with Gasteiger partial charge in [-0.3, -0.25) is 4.79 Å². The van der Waals surface area contributed by atoms with Gasteiger partial charge in [-0.1, -0.05) is 36.6 Å². The molecule has 3 nitrogen and oxygen atoms in total. The molecule has 1 aliphatic heterocycles. The van der Waals surface area contributed by atoms with Crippen molar-refractivity contribution in [1.82, 2.24) is 5.01 Å². The first-order valence-corrected chi connectivity index (χ1v) is 6.73. The van der Waals surface area contributed by atoms with Crippen molar-refractivity contribution in [3.05, 3.63) is 34.9 Å². The molecule has 0 saturated heterocycles. The Bertz CT molecular complexity index is 552. The molecule has 1 aromatic rings. The van der Waals surface area contributed by atoms with Crippen LogP contribution in [0, 0.1) is 12.0 Å². The van der Waals surface area contributed by atoms with Gasteiger partial charge < -0.3 is 0 Å². The summed E-state index contributed by atoms with van der Waals surface area (Å²) >= 11 is 5.86. The van der Waals surface area contributed by atoms with Crippen LogP contribution in [0.15, 0.2) is 29.4 Å². The molecule has 2 rings (SSSR count). The van der Waals surface area contributed by atoms with Crippen LogP contribution in [-0.4, -0.2) is 16.6 Å². The summed E-state index contributed by atoms with van der Waals surface area (Å²) in [6.07, 6.45) is 2.84. The number of benzene rings is 1. The van der Waals surface area contributed by atoms with Gasteiger partial charge in [-0.15, -0.1) is 0 Å². The molecule has 0 spiro atoms. The fourth-order valence-corrected chi connectivity index (χ4v) is 1.87. The Balaban J connectivity index is 2.22. The molecule has 98 valence electrons. The SMILES string of the molecule is CCCC#CN1N=C(c2ccc(Cl)cc2)CCC1=O. The Morgan fingerprint density at radius 2 is 2.05 bits per heavy atom. The van der Waals surface area contributed by atoms with Gasteiger partial charge in [-0.25, -0.2) is 0 Å². The number of unbranched alkanes of at least 4 members (excludes halogenated alkanes) is 1. The molecule has 1 amide bonds.